The summed E-state index contributed by atoms with van der Waals surface area (Å²) in [7, 11) is 0. The lowest BCUT2D eigenvalue weighted by molar-refractivity contribution is -0.141. The van der Waals surface area contributed by atoms with E-state index in [0.29, 0.717) is 6.61 Å². The van der Waals surface area contributed by atoms with Gasteiger partial charge in [-0.25, -0.2) is 0 Å². The minimum absolute atomic E-state index is 0.170. The molecule has 0 spiro atoms. The standard InChI is InChI=1S/C8H16O2.C4H8O/c1-3-4-5-6-7-10-8(2)9;1-2-4-5-3-1/h3-7H2,1-2H3;1-4H2. The number of rotatable bonds is 5. The zero-order chi connectivity index (χ0) is 11.4. The van der Waals surface area contributed by atoms with Crippen molar-refractivity contribution >= 4 is 5.97 Å². The summed E-state index contributed by atoms with van der Waals surface area (Å²) in [5.41, 5.74) is 0. The topological polar surface area (TPSA) is 35.5 Å². The van der Waals surface area contributed by atoms with Crippen molar-refractivity contribution in [2.75, 3.05) is 19.8 Å². The van der Waals surface area contributed by atoms with E-state index in [0.717, 1.165) is 19.6 Å². The number of carbonyl (C=O) groups excluding carboxylic acids is 1. The Kier molecular flexibility index (Phi) is 11.1. The largest absolute Gasteiger partial charge is 0.466 e. The van der Waals surface area contributed by atoms with Crippen LogP contribution in [0.3, 0.4) is 0 Å². The molecule has 1 fully saturated rings. The second kappa shape index (κ2) is 11.5. The Balaban J connectivity index is 0.000000322. The van der Waals surface area contributed by atoms with Crippen LogP contribution in [-0.2, 0) is 14.3 Å². The molecular formula is C12H24O3. The average molecular weight is 216 g/mol. The third kappa shape index (κ3) is 13.4. The van der Waals surface area contributed by atoms with E-state index in [2.05, 4.69) is 6.92 Å². The van der Waals surface area contributed by atoms with Gasteiger partial charge in [-0.3, -0.25) is 4.79 Å². The van der Waals surface area contributed by atoms with Gasteiger partial charge in [-0.1, -0.05) is 26.2 Å². The summed E-state index contributed by atoms with van der Waals surface area (Å²) in [6.45, 7) is 6.20. The van der Waals surface area contributed by atoms with Gasteiger partial charge in [-0.15, -0.1) is 0 Å². The van der Waals surface area contributed by atoms with E-state index in [4.69, 9.17) is 9.47 Å². The van der Waals surface area contributed by atoms with Crippen LogP contribution in [-0.4, -0.2) is 25.8 Å². The number of unbranched alkanes of at least 4 members (excludes halogenated alkanes) is 3. The summed E-state index contributed by atoms with van der Waals surface area (Å²) in [6, 6.07) is 0. The molecule has 0 radical (unpaired) electrons. The van der Waals surface area contributed by atoms with Gasteiger partial charge in [0.2, 0.25) is 0 Å². The first-order valence-corrected chi connectivity index (χ1v) is 5.98. The molecule has 0 aromatic rings. The molecule has 3 heteroatoms. The Hall–Kier alpha value is -0.570. The summed E-state index contributed by atoms with van der Waals surface area (Å²) in [4.78, 5) is 10.3. The van der Waals surface area contributed by atoms with Crippen molar-refractivity contribution in [3.05, 3.63) is 0 Å². The maximum atomic E-state index is 10.3. The Morgan fingerprint density at radius 3 is 2.27 bits per heavy atom. The molecule has 0 aliphatic carbocycles. The van der Waals surface area contributed by atoms with E-state index in [1.54, 1.807) is 0 Å². The summed E-state index contributed by atoms with van der Waals surface area (Å²) in [6.07, 6.45) is 7.19. The number of esters is 1. The van der Waals surface area contributed by atoms with Crippen LogP contribution >= 0.6 is 0 Å². The summed E-state index contributed by atoms with van der Waals surface area (Å²) >= 11 is 0. The highest BCUT2D eigenvalue weighted by atomic mass is 16.5. The molecule has 90 valence electrons. The number of hydrogen-bond donors (Lipinski definition) is 0. The molecule has 0 amide bonds. The first-order chi connectivity index (χ1) is 7.27. The molecule has 1 aliphatic heterocycles. The van der Waals surface area contributed by atoms with Gasteiger partial charge in [0.05, 0.1) is 6.61 Å². The van der Waals surface area contributed by atoms with Gasteiger partial charge in [0.25, 0.3) is 0 Å². The fourth-order valence-corrected chi connectivity index (χ4v) is 1.26. The molecule has 1 rings (SSSR count). The number of ether oxygens (including phenoxy) is 2. The van der Waals surface area contributed by atoms with E-state index >= 15 is 0 Å². The maximum Gasteiger partial charge on any atom is 0.302 e. The Bertz CT molecular complexity index is 134. The smallest absolute Gasteiger partial charge is 0.302 e. The molecule has 0 unspecified atom stereocenters. The predicted molar refractivity (Wildman–Crippen MR) is 60.8 cm³/mol. The summed E-state index contributed by atoms with van der Waals surface area (Å²) in [5, 5.41) is 0. The van der Waals surface area contributed by atoms with E-state index in [1.807, 2.05) is 0 Å². The molecule has 0 saturated carbocycles. The Morgan fingerprint density at radius 2 is 1.87 bits per heavy atom. The van der Waals surface area contributed by atoms with Crippen molar-refractivity contribution in [1.82, 2.24) is 0 Å². The monoisotopic (exact) mass is 216 g/mol. The SMILES string of the molecule is C1CCOC1.CCCCCCOC(C)=O. The molecule has 0 aromatic heterocycles. The van der Waals surface area contributed by atoms with Crippen LogP contribution in [0.1, 0.15) is 52.4 Å². The van der Waals surface area contributed by atoms with E-state index in [9.17, 15) is 4.79 Å². The van der Waals surface area contributed by atoms with Gasteiger partial charge < -0.3 is 9.47 Å². The highest BCUT2D eigenvalue weighted by Gasteiger charge is 1.94. The van der Waals surface area contributed by atoms with Crippen molar-refractivity contribution in [1.29, 1.82) is 0 Å². The summed E-state index contributed by atoms with van der Waals surface area (Å²) < 4.78 is 9.69. The van der Waals surface area contributed by atoms with Gasteiger partial charge in [-0.2, -0.15) is 0 Å². The van der Waals surface area contributed by atoms with Crippen molar-refractivity contribution in [2.45, 2.75) is 52.4 Å². The molecule has 1 heterocycles. The molecule has 1 saturated heterocycles. The Labute approximate surface area is 93.1 Å². The number of carbonyl (C=O) groups is 1. The third-order valence-electron chi connectivity index (χ3n) is 2.13. The van der Waals surface area contributed by atoms with Crippen LogP contribution in [0.5, 0.6) is 0 Å². The zero-order valence-electron chi connectivity index (χ0n) is 10.1. The van der Waals surface area contributed by atoms with Crippen LogP contribution in [0, 0.1) is 0 Å². The summed E-state index contributed by atoms with van der Waals surface area (Å²) in [5.74, 6) is -0.170. The lowest BCUT2D eigenvalue weighted by atomic mass is 10.2. The molecule has 15 heavy (non-hydrogen) atoms. The van der Waals surface area contributed by atoms with Crippen molar-refractivity contribution in [2.24, 2.45) is 0 Å². The normalized spacial score (nSPS) is 14.3. The van der Waals surface area contributed by atoms with Crippen LogP contribution < -0.4 is 0 Å². The Morgan fingerprint density at radius 1 is 1.20 bits per heavy atom. The van der Waals surface area contributed by atoms with E-state index in [-0.39, 0.29) is 5.97 Å². The minimum atomic E-state index is -0.170. The predicted octanol–water partition coefficient (Wildman–Crippen LogP) is 2.93. The molecule has 0 atom stereocenters. The van der Waals surface area contributed by atoms with Gasteiger partial charge in [0.15, 0.2) is 0 Å². The second-order valence-corrected chi connectivity index (χ2v) is 3.72. The molecule has 1 aliphatic rings. The fourth-order valence-electron chi connectivity index (χ4n) is 1.26. The van der Waals surface area contributed by atoms with Crippen LogP contribution in [0.4, 0.5) is 0 Å². The average Bonchev–Trinajstić information content (AvgIpc) is 2.75. The minimum Gasteiger partial charge on any atom is -0.466 e. The van der Waals surface area contributed by atoms with Crippen molar-refractivity contribution in [3.8, 4) is 0 Å². The van der Waals surface area contributed by atoms with E-state index in [1.165, 1.54) is 39.0 Å². The lowest BCUT2D eigenvalue weighted by Crippen LogP contribution is -1.99. The lowest BCUT2D eigenvalue weighted by Gasteiger charge is -1.99. The third-order valence-corrected chi connectivity index (χ3v) is 2.13. The van der Waals surface area contributed by atoms with Gasteiger partial charge in [-0.05, 0) is 19.3 Å². The molecule has 0 bridgehead atoms. The number of hydrogen-bond acceptors (Lipinski definition) is 3. The highest BCUT2D eigenvalue weighted by Crippen LogP contribution is 1.98. The van der Waals surface area contributed by atoms with Crippen LogP contribution in [0.25, 0.3) is 0 Å². The van der Waals surface area contributed by atoms with Gasteiger partial charge in [0.1, 0.15) is 0 Å². The van der Waals surface area contributed by atoms with Crippen molar-refractivity contribution in [3.63, 3.8) is 0 Å². The van der Waals surface area contributed by atoms with Gasteiger partial charge in [0, 0.05) is 20.1 Å². The molecular weight excluding hydrogens is 192 g/mol. The first kappa shape index (κ1) is 14.4. The highest BCUT2D eigenvalue weighted by molar-refractivity contribution is 5.65. The molecule has 3 nitrogen and oxygen atoms in total. The maximum absolute atomic E-state index is 10.3. The fraction of sp³-hybridized carbons (Fsp3) is 0.917. The van der Waals surface area contributed by atoms with Crippen LogP contribution in [0.2, 0.25) is 0 Å². The molecule has 0 aromatic carbocycles. The van der Waals surface area contributed by atoms with Crippen molar-refractivity contribution < 1.29 is 14.3 Å². The van der Waals surface area contributed by atoms with Gasteiger partial charge >= 0.3 is 5.97 Å². The molecule has 0 N–H and O–H groups in total. The van der Waals surface area contributed by atoms with Crippen LogP contribution in [0.15, 0.2) is 0 Å². The second-order valence-electron chi connectivity index (χ2n) is 3.72. The zero-order valence-corrected chi connectivity index (χ0v) is 10.1. The quantitative estimate of drug-likeness (QED) is 0.523. The van der Waals surface area contributed by atoms with E-state index < -0.39 is 0 Å². The first-order valence-electron chi connectivity index (χ1n) is 5.98.